The van der Waals surface area contributed by atoms with Gasteiger partial charge in [-0.25, -0.2) is 0 Å². The summed E-state index contributed by atoms with van der Waals surface area (Å²) in [5.41, 5.74) is 1.30. The number of thiocarbonyl (C=S) groups is 1. The van der Waals surface area contributed by atoms with E-state index in [9.17, 15) is 4.79 Å². The van der Waals surface area contributed by atoms with Crippen LogP contribution in [-0.2, 0) is 0 Å². The van der Waals surface area contributed by atoms with E-state index in [2.05, 4.69) is 17.6 Å². The van der Waals surface area contributed by atoms with Gasteiger partial charge in [0, 0.05) is 11.3 Å². The molecule has 0 aromatic heterocycles. The second-order valence-electron chi connectivity index (χ2n) is 8.30. The number of nitrogens with one attached hydrogen (secondary N) is 2. The molecule has 172 valence electrons. The highest BCUT2D eigenvalue weighted by Crippen LogP contribution is 2.26. The van der Waals surface area contributed by atoms with Crippen LogP contribution in [0.2, 0.25) is 0 Å². The first-order chi connectivity index (χ1) is 15.6. The van der Waals surface area contributed by atoms with Gasteiger partial charge in [-0.15, -0.1) is 0 Å². The Bertz CT molecular complexity index is 864. The van der Waals surface area contributed by atoms with Crippen molar-refractivity contribution in [1.29, 1.82) is 0 Å². The second kappa shape index (κ2) is 13.1. The van der Waals surface area contributed by atoms with Crippen LogP contribution in [0.15, 0.2) is 48.5 Å². The van der Waals surface area contributed by atoms with E-state index < -0.39 is 0 Å². The number of carbonyl (C=O) groups excluding carboxylic acids is 1. The van der Waals surface area contributed by atoms with Gasteiger partial charge in [0.05, 0.1) is 13.2 Å². The fourth-order valence-corrected chi connectivity index (χ4v) is 4.06. The van der Waals surface area contributed by atoms with Crippen LogP contribution in [0.25, 0.3) is 0 Å². The third kappa shape index (κ3) is 8.15. The molecule has 5 nitrogen and oxygen atoms in total. The summed E-state index contributed by atoms with van der Waals surface area (Å²) in [5, 5.41) is 6.01. The van der Waals surface area contributed by atoms with E-state index in [0.29, 0.717) is 17.9 Å². The highest BCUT2D eigenvalue weighted by molar-refractivity contribution is 7.80. The number of anilines is 1. The molecule has 0 radical (unpaired) electrons. The Labute approximate surface area is 196 Å². The van der Waals surface area contributed by atoms with Crippen LogP contribution in [0, 0.1) is 5.92 Å². The zero-order chi connectivity index (χ0) is 22.6. The number of rotatable bonds is 10. The quantitative estimate of drug-likeness (QED) is 0.324. The molecule has 1 saturated carbocycles. The molecule has 0 aliphatic heterocycles. The Hall–Kier alpha value is -2.60. The van der Waals surface area contributed by atoms with E-state index >= 15 is 0 Å². The molecule has 1 fully saturated rings. The normalized spacial score (nSPS) is 13.9. The highest BCUT2D eigenvalue weighted by atomic mass is 32.1. The van der Waals surface area contributed by atoms with E-state index in [-0.39, 0.29) is 11.0 Å². The lowest BCUT2D eigenvalue weighted by Gasteiger charge is -2.21. The van der Waals surface area contributed by atoms with Gasteiger partial charge in [0.2, 0.25) is 0 Å². The molecule has 1 amide bonds. The number of carbonyl (C=O) groups is 1. The molecule has 0 heterocycles. The summed E-state index contributed by atoms with van der Waals surface area (Å²) in [4.78, 5) is 12.5. The van der Waals surface area contributed by atoms with Crippen molar-refractivity contribution >= 4 is 28.9 Å². The standard InChI is InChI=1S/C26H34N2O3S/c1-2-3-17-30-24-11-7-10-21(19-24)25(29)28-26(32)27-22-12-14-23(15-13-22)31-18-16-20-8-5-4-6-9-20/h7,10-15,19-20H,2-6,8-9,16-18H2,1H3,(H2,27,28,29,32). The molecule has 2 N–H and O–H groups in total. The Kier molecular flexibility index (Phi) is 9.82. The van der Waals surface area contributed by atoms with Gasteiger partial charge in [0.15, 0.2) is 5.11 Å². The van der Waals surface area contributed by atoms with Gasteiger partial charge in [0.1, 0.15) is 11.5 Å². The summed E-state index contributed by atoms with van der Waals surface area (Å²) < 4.78 is 11.6. The van der Waals surface area contributed by atoms with E-state index in [1.807, 2.05) is 30.3 Å². The molecule has 2 aromatic rings. The minimum atomic E-state index is -0.272. The first kappa shape index (κ1) is 24.1. The minimum absolute atomic E-state index is 0.248. The van der Waals surface area contributed by atoms with Crippen LogP contribution < -0.4 is 20.1 Å². The molecule has 6 heteroatoms. The molecule has 0 spiro atoms. The summed E-state index contributed by atoms with van der Waals surface area (Å²) >= 11 is 5.30. The first-order valence-corrected chi connectivity index (χ1v) is 12.1. The minimum Gasteiger partial charge on any atom is -0.494 e. The van der Waals surface area contributed by atoms with Crippen molar-refractivity contribution in [2.24, 2.45) is 5.92 Å². The smallest absolute Gasteiger partial charge is 0.257 e. The Morgan fingerprint density at radius 3 is 2.50 bits per heavy atom. The zero-order valence-corrected chi connectivity index (χ0v) is 19.7. The predicted molar refractivity (Wildman–Crippen MR) is 134 cm³/mol. The fourth-order valence-electron chi connectivity index (χ4n) is 3.85. The molecule has 0 unspecified atom stereocenters. The number of ether oxygens (including phenoxy) is 2. The Balaban J connectivity index is 1.42. The molecule has 0 bridgehead atoms. The first-order valence-electron chi connectivity index (χ1n) is 11.7. The average Bonchev–Trinajstić information content (AvgIpc) is 2.81. The average molecular weight is 455 g/mol. The molecule has 0 atom stereocenters. The third-order valence-electron chi connectivity index (χ3n) is 5.72. The lowest BCUT2D eigenvalue weighted by Crippen LogP contribution is -2.34. The highest BCUT2D eigenvalue weighted by Gasteiger charge is 2.13. The summed E-state index contributed by atoms with van der Waals surface area (Å²) in [7, 11) is 0. The molecule has 1 aliphatic carbocycles. The lowest BCUT2D eigenvalue weighted by atomic mass is 9.87. The van der Waals surface area contributed by atoms with Crippen LogP contribution in [-0.4, -0.2) is 24.2 Å². The van der Waals surface area contributed by atoms with Crippen molar-refractivity contribution < 1.29 is 14.3 Å². The van der Waals surface area contributed by atoms with E-state index in [4.69, 9.17) is 21.7 Å². The zero-order valence-electron chi connectivity index (χ0n) is 18.9. The fraction of sp³-hybridized carbons (Fsp3) is 0.462. The number of hydrogen-bond donors (Lipinski definition) is 2. The molecule has 0 saturated heterocycles. The maximum atomic E-state index is 12.5. The van der Waals surface area contributed by atoms with Crippen molar-refractivity contribution in [3.8, 4) is 11.5 Å². The molecular formula is C26H34N2O3S. The maximum absolute atomic E-state index is 12.5. The predicted octanol–water partition coefficient (Wildman–Crippen LogP) is 6.34. The Morgan fingerprint density at radius 2 is 1.75 bits per heavy atom. The largest absolute Gasteiger partial charge is 0.494 e. The maximum Gasteiger partial charge on any atom is 0.257 e. The van der Waals surface area contributed by atoms with Gasteiger partial charge < -0.3 is 14.8 Å². The van der Waals surface area contributed by atoms with Crippen LogP contribution in [0.5, 0.6) is 11.5 Å². The summed E-state index contributed by atoms with van der Waals surface area (Å²) in [6, 6.07) is 14.8. The van der Waals surface area contributed by atoms with Gasteiger partial charge in [-0.2, -0.15) is 0 Å². The van der Waals surface area contributed by atoms with Gasteiger partial charge >= 0.3 is 0 Å². The molecular weight excluding hydrogens is 420 g/mol. The van der Waals surface area contributed by atoms with Gasteiger partial charge in [-0.3, -0.25) is 10.1 Å². The van der Waals surface area contributed by atoms with Crippen molar-refractivity contribution in [1.82, 2.24) is 5.32 Å². The van der Waals surface area contributed by atoms with Gasteiger partial charge in [0.25, 0.3) is 5.91 Å². The van der Waals surface area contributed by atoms with E-state index in [1.54, 1.807) is 18.2 Å². The SMILES string of the molecule is CCCCOc1cccc(C(=O)NC(=S)Nc2ccc(OCCC3CCCCC3)cc2)c1. The van der Waals surface area contributed by atoms with Crippen LogP contribution in [0.4, 0.5) is 5.69 Å². The van der Waals surface area contributed by atoms with Gasteiger partial charge in [-0.05, 0) is 73.4 Å². The third-order valence-corrected chi connectivity index (χ3v) is 5.93. The number of benzene rings is 2. The number of hydrogen-bond acceptors (Lipinski definition) is 4. The number of amides is 1. The summed E-state index contributed by atoms with van der Waals surface area (Å²) in [6.45, 7) is 3.51. The molecule has 1 aliphatic rings. The summed E-state index contributed by atoms with van der Waals surface area (Å²) in [6.07, 6.45) is 9.95. The topological polar surface area (TPSA) is 59.6 Å². The lowest BCUT2D eigenvalue weighted by molar-refractivity contribution is 0.0977. The molecule has 3 rings (SSSR count). The number of unbranched alkanes of at least 4 members (excludes halogenated alkanes) is 1. The van der Waals surface area contributed by atoms with Crippen molar-refractivity contribution in [3.05, 3.63) is 54.1 Å². The summed E-state index contributed by atoms with van der Waals surface area (Å²) in [5.74, 6) is 2.07. The van der Waals surface area contributed by atoms with Crippen molar-refractivity contribution in [2.45, 2.75) is 58.3 Å². The Morgan fingerprint density at radius 1 is 1.00 bits per heavy atom. The van der Waals surface area contributed by atoms with Gasteiger partial charge in [-0.1, -0.05) is 51.5 Å². The van der Waals surface area contributed by atoms with Crippen LogP contribution >= 0.6 is 12.2 Å². The van der Waals surface area contributed by atoms with Crippen molar-refractivity contribution in [3.63, 3.8) is 0 Å². The second-order valence-corrected chi connectivity index (χ2v) is 8.71. The van der Waals surface area contributed by atoms with Crippen LogP contribution in [0.3, 0.4) is 0 Å². The van der Waals surface area contributed by atoms with E-state index in [1.165, 1.54) is 32.1 Å². The molecule has 32 heavy (non-hydrogen) atoms. The molecule has 2 aromatic carbocycles. The van der Waals surface area contributed by atoms with Crippen LogP contribution in [0.1, 0.15) is 68.6 Å². The van der Waals surface area contributed by atoms with E-state index in [0.717, 1.165) is 43.2 Å². The van der Waals surface area contributed by atoms with Crippen molar-refractivity contribution in [2.75, 3.05) is 18.5 Å². The monoisotopic (exact) mass is 454 g/mol.